The average Bonchev–Trinajstić information content (AvgIpc) is 2.74. The van der Waals surface area contributed by atoms with Crippen LogP contribution in [0.4, 0.5) is 4.79 Å². The van der Waals surface area contributed by atoms with Gasteiger partial charge in [-0.1, -0.05) is 61.3 Å². The minimum absolute atomic E-state index is 0.104. The fourth-order valence-corrected chi connectivity index (χ4v) is 4.69. The summed E-state index contributed by atoms with van der Waals surface area (Å²) in [6.45, 7) is 14.7. The van der Waals surface area contributed by atoms with Crippen LogP contribution in [0.15, 0.2) is 30.3 Å². The Morgan fingerprint density at radius 3 is 2.32 bits per heavy atom. The maximum atomic E-state index is 12.6. The van der Waals surface area contributed by atoms with Gasteiger partial charge in [-0.15, -0.1) is 0 Å². The Bertz CT molecular complexity index is 1080. The first-order valence-corrected chi connectivity index (χ1v) is 12.4. The van der Waals surface area contributed by atoms with Crippen molar-refractivity contribution in [3.63, 3.8) is 0 Å². The summed E-state index contributed by atoms with van der Waals surface area (Å²) in [5.74, 6) is 0.542. The maximum Gasteiger partial charge on any atom is 0.410 e. The molecule has 1 N–H and O–H groups in total. The SMILES string of the molecule is CC(C)c1ccccc1-c1nc(Cl)c(C(=N)N2CC(C)N(C(=O)OC(C)(C)C)CC2C)cc1Cl. The normalized spacial score (nSPS) is 18.9. The summed E-state index contributed by atoms with van der Waals surface area (Å²) in [6.07, 6.45) is -0.339. The molecule has 1 aromatic heterocycles. The van der Waals surface area contributed by atoms with E-state index in [0.717, 1.165) is 11.1 Å². The highest BCUT2D eigenvalue weighted by molar-refractivity contribution is 6.36. The summed E-state index contributed by atoms with van der Waals surface area (Å²) in [5, 5.41) is 9.58. The van der Waals surface area contributed by atoms with Crippen LogP contribution in [-0.2, 0) is 4.74 Å². The van der Waals surface area contributed by atoms with Crippen molar-refractivity contribution in [1.29, 1.82) is 5.41 Å². The number of piperazine rings is 1. The number of ether oxygens (including phenoxy) is 1. The number of hydrogen-bond acceptors (Lipinski definition) is 4. The smallest absolute Gasteiger partial charge is 0.410 e. The molecule has 2 atom stereocenters. The lowest BCUT2D eigenvalue weighted by atomic mass is 9.95. The third-order valence-electron chi connectivity index (χ3n) is 5.92. The molecule has 0 spiro atoms. The van der Waals surface area contributed by atoms with Crippen LogP contribution >= 0.6 is 23.2 Å². The van der Waals surface area contributed by atoms with Gasteiger partial charge in [0.15, 0.2) is 0 Å². The minimum atomic E-state index is -0.560. The van der Waals surface area contributed by atoms with Crippen molar-refractivity contribution in [3.8, 4) is 11.3 Å². The fourth-order valence-electron chi connectivity index (χ4n) is 4.21. The van der Waals surface area contributed by atoms with Gasteiger partial charge >= 0.3 is 6.09 Å². The molecule has 8 heteroatoms. The molecule has 1 aromatic carbocycles. The van der Waals surface area contributed by atoms with Crippen molar-refractivity contribution in [3.05, 3.63) is 51.6 Å². The number of halogens is 2. The molecule has 2 unspecified atom stereocenters. The topological polar surface area (TPSA) is 69.5 Å². The number of carbonyl (C=O) groups excluding carboxylic acids is 1. The van der Waals surface area contributed by atoms with Crippen LogP contribution in [-0.4, -0.2) is 57.5 Å². The van der Waals surface area contributed by atoms with Crippen LogP contribution in [0.3, 0.4) is 0 Å². The number of carbonyl (C=O) groups is 1. The molecule has 0 aliphatic carbocycles. The van der Waals surface area contributed by atoms with Gasteiger partial charge < -0.3 is 14.5 Å². The van der Waals surface area contributed by atoms with Crippen LogP contribution < -0.4 is 0 Å². The number of aromatic nitrogens is 1. The second-order valence-corrected chi connectivity index (χ2v) is 11.0. The highest BCUT2D eigenvalue weighted by Gasteiger charge is 2.36. The number of hydrogen-bond donors (Lipinski definition) is 1. The number of pyridine rings is 1. The zero-order valence-electron chi connectivity index (χ0n) is 20.9. The number of nitrogens with one attached hydrogen (secondary N) is 1. The van der Waals surface area contributed by atoms with Crippen molar-refractivity contribution >= 4 is 35.1 Å². The lowest BCUT2D eigenvalue weighted by Gasteiger charge is -2.45. The van der Waals surface area contributed by atoms with E-state index in [2.05, 4.69) is 24.9 Å². The van der Waals surface area contributed by atoms with Crippen molar-refractivity contribution in [2.75, 3.05) is 13.1 Å². The number of nitrogens with zero attached hydrogens (tertiary/aromatic N) is 3. The Morgan fingerprint density at radius 1 is 1.12 bits per heavy atom. The average molecular weight is 505 g/mol. The zero-order chi connectivity index (χ0) is 25.4. The minimum Gasteiger partial charge on any atom is -0.444 e. The van der Waals surface area contributed by atoms with E-state index in [0.29, 0.717) is 35.3 Å². The molecule has 0 saturated carbocycles. The summed E-state index contributed by atoms with van der Waals surface area (Å²) in [7, 11) is 0. The Morgan fingerprint density at radius 2 is 1.71 bits per heavy atom. The van der Waals surface area contributed by atoms with Gasteiger partial charge in [0.1, 0.15) is 16.6 Å². The monoisotopic (exact) mass is 504 g/mol. The highest BCUT2D eigenvalue weighted by atomic mass is 35.5. The Hall–Kier alpha value is -2.31. The Balaban J connectivity index is 1.86. The Labute approximate surface area is 212 Å². The summed E-state index contributed by atoms with van der Waals surface area (Å²) >= 11 is 13.3. The van der Waals surface area contributed by atoms with E-state index in [9.17, 15) is 4.79 Å². The molecular formula is C26H34Cl2N4O2. The molecule has 0 bridgehead atoms. The number of amides is 1. The van der Waals surface area contributed by atoms with Gasteiger partial charge in [-0.2, -0.15) is 0 Å². The summed E-state index contributed by atoms with van der Waals surface area (Å²) in [4.78, 5) is 20.9. The first-order chi connectivity index (χ1) is 15.8. The molecule has 184 valence electrons. The molecule has 0 radical (unpaired) electrons. The van der Waals surface area contributed by atoms with E-state index in [1.807, 2.05) is 57.7 Å². The van der Waals surface area contributed by atoms with Crippen molar-refractivity contribution in [2.24, 2.45) is 0 Å². The van der Waals surface area contributed by atoms with Crippen molar-refractivity contribution in [1.82, 2.24) is 14.8 Å². The fraction of sp³-hybridized carbons (Fsp3) is 0.500. The first kappa shape index (κ1) is 26.3. The molecule has 1 aliphatic rings. The van der Waals surface area contributed by atoms with Crippen LogP contribution in [0, 0.1) is 5.41 Å². The van der Waals surface area contributed by atoms with E-state index >= 15 is 0 Å². The lowest BCUT2D eigenvalue weighted by molar-refractivity contribution is 0.000408. The van der Waals surface area contributed by atoms with Gasteiger partial charge in [-0.05, 0) is 52.2 Å². The zero-order valence-corrected chi connectivity index (χ0v) is 22.5. The molecule has 1 aliphatic heterocycles. The van der Waals surface area contributed by atoms with E-state index in [1.165, 1.54) is 0 Å². The van der Waals surface area contributed by atoms with Crippen LogP contribution in [0.25, 0.3) is 11.3 Å². The van der Waals surface area contributed by atoms with Gasteiger partial charge in [0.25, 0.3) is 0 Å². The predicted molar refractivity (Wildman–Crippen MR) is 139 cm³/mol. The van der Waals surface area contributed by atoms with Crippen LogP contribution in [0.5, 0.6) is 0 Å². The summed E-state index contributed by atoms with van der Waals surface area (Å²) in [6, 6.07) is 9.50. The Kier molecular flexibility index (Phi) is 7.83. The van der Waals surface area contributed by atoms with Gasteiger partial charge in [-0.3, -0.25) is 5.41 Å². The number of benzene rings is 1. The second-order valence-electron chi connectivity index (χ2n) is 10.2. The third kappa shape index (κ3) is 5.66. The number of amidine groups is 1. The van der Waals surface area contributed by atoms with Gasteiger partial charge in [0.05, 0.1) is 16.3 Å². The molecule has 2 heterocycles. The van der Waals surface area contributed by atoms with Gasteiger partial charge in [0, 0.05) is 30.7 Å². The predicted octanol–water partition coefficient (Wildman–Crippen LogP) is 6.83. The summed E-state index contributed by atoms with van der Waals surface area (Å²) in [5.41, 5.74) is 2.60. The van der Waals surface area contributed by atoms with E-state index in [1.54, 1.807) is 11.0 Å². The summed E-state index contributed by atoms with van der Waals surface area (Å²) < 4.78 is 5.56. The van der Waals surface area contributed by atoms with E-state index in [-0.39, 0.29) is 29.2 Å². The van der Waals surface area contributed by atoms with E-state index in [4.69, 9.17) is 33.3 Å². The molecule has 3 rings (SSSR count). The molecule has 2 aromatic rings. The quantitative estimate of drug-likeness (QED) is 0.282. The maximum absolute atomic E-state index is 12.6. The number of rotatable bonds is 3. The molecule has 6 nitrogen and oxygen atoms in total. The third-order valence-corrected chi connectivity index (χ3v) is 6.50. The molecule has 1 saturated heterocycles. The molecule has 34 heavy (non-hydrogen) atoms. The largest absolute Gasteiger partial charge is 0.444 e. The molecular weight excluding hydrogens is 471 g/mol. The van der Waals surface area contributed by atoms with Crippen LogP contribution in [0.1, 0.15) is 65.5 Å². The highest BCUT2D eigenvalue weighted by Crippen LogP contribution is 2.35. The van der Waals surface area contributed by atoms with Gasteiger partial charge in [-0.25, -0.2) is 9.78 Å². The molecule has 1 fully saturated rings. The standard InChI is InChI=1S/C26H34Cl2N4O2/c1-15(2)18-10-8-9-11-19(18)22-21(27)12-20(23(28)30-22)24(29)31-13-17(4)32(14-16(31)3)25(33)34-26(5,6)7/h8-12,15-17,29H,13-14H2,1-7H3. The van der Waals surface area contributed by atoms with Crippen LogP contribution in [0.2, 0.25) is 10.2 Å². The molecule has 1 amide bonds. The van der Waals surface area contributed by atoms with Crippen molar-refractivity contribution in [2.45, 2.75) is 72.1 Å². The second kappa shape index (κ2) is 10.1. The van der Waals surface area contributed by atoms with Crippen molar-refractivity contribution < 1.29 is 9.53 Å². The van der Waals surface area contributed by atoms with E-state index < -0.39 is 5.60 Å². The first-order valence-electron chi connectivity index (χ1n) is 11.6. The van der Waals surface area contributed by atoms with Gasteiger partial charge in [0.2, 0.25) is 0 Å². The lowest BCUT2D eigenvalue weighted by Crippen LogP contribution is -2.60.